The van der Waals surface area contributed by atoms with Gasteiger partial charge in [-0.05, 0) is 65.8 Å². The summed E-state index contributed by atoms with van der Waals surface area (Å²) in [4.78, 5) is 25.5. The lowest BCUT2D eigenvalue weighted by Crippen LogP contribution is -2.39. The molecule has 2 aromatic rings. The van der Waals surface area contributed by atoms with Crippen molar-refractivity contribution in [1.82, 2.24) is 0 Å². The summed E-state index contributed by atoms with van der Waals surface area (Å²) >= 11 is 0. The van der Waals surface area contributed by atoms with Crippen LogP contribution in [0.1, 0.15) is 41.5 Å². The number of para-hydroxylation sites is 4. The molecule has 0 saturated carbocycles. The lowest BCUT2D eigenvalue weighted by atomic mass is 9.94. The van der Waals surface area contributed by atoms with Gasteiger partial charge in [0, 0.05) is 0 Å². The van der Waals surface area contributed by atoms with Gasteiger partial charge >= 0.3 is 11.9 Å². The molecule has 29 heavy (non-hydrogen) atoms. The summed E-state index contributed by atoms with van der Waals surface area (Å²) in [6.45, 7) is 10.4. The molecule has 2 aromatic carbocycles. The summed E-state index contributed by atoms with van der Waals surface area (Å²) < 4.78 is 22.3. The van der Waals surface area contributed by atoms with E-state index in [2.05, 4.69) is 0 Å². The van der Waals surface area contributed by atoms with E-state index in [-0.39, 0.29) is 23.7 Å². The molecule has 0 saturated heterocycles. The number of carbonyl (C=O) groups is 2. The average molecular weight is 400 g/mol. The van der Waals surface area contributed by atoms with Crippen LogP contribution in [-0.4, -0.2) is 24.1 Å². The number of ether oxygens (including phenoxy) is 4. The van der Waals surface area contributed by atoms with Crippen LogP contribution in [0.2, 0.25) is 0 Å². The first kappa shape index (κ1) is 22.3. The largest absolute Gasteiger partial charge is 0.487 e. The molecule has 0 atom stereocenters. The highest BCUT2D eigenvalue weighted by molar-refractivity contribution is 6.01. The first-order valence-corrected chi connectivity index (χ1v) is 9.57. The van der Waals surface area contributed by atoms with Crippen molar-refractivity contribution >= 4 is 11.9 Å². The van der Waals surface area contributed by atoms with Crippen molar-refractivity contribution in [2.75, 3.05) is 0 Å². The average Bonchev–Trinajstić information content (AvgIpc) is 2.64. The summed E-state index contributed by atoms with van der Waals surface area (Å²) in [6.07, 6.45) is -0.185. The van der Waals surface area contributed by atoms with Gasteiger partial charge in [-0.25, -0.2) is 0 Å². The van der Waals surface area contributed by atoms with E-state index in [9.17, 15) is 9.59 Å². The predicted molar refractivity (Wildman–Crippen MR) is 109 cm³/mol. The third-order valence-electron chi connectivity index (χ3n) is 3.85. The molecule has 0 aliphatic heterocycles. The van der Waals surface area contributed by atoms with Gasteiger partial charge in [0.25, 0.3) is 0 Å². The summed E-state index contributed by atoms with van der Waals surface area (Å²) in [5.41, 5.74) is -1.55. The van der Waals surface area contributed by atoms with E-state index in [1.165, 1.54) is 13.8 Å². The van der Waals surface area contributed by atoms with E-state index < -0.39 is 17.4 Å². The molecule has 0 amide bonds. The van der Waals surface area contributed by atoms with Gasteiger partial charge < -0.3 is 18.9 Å². The zero-order chi connectivity index (χ0) is 21.6. The number of esters is 2. The van der Waals surface area contributed by atoms with Crippen molar-refractivity contribution in [2.24, 2.45) is 5.41 Å². The molecule has 6 nitrogen and oxygen atoms in total. The minimum atomic E-state index is -1.55. The second kappa shape index (κ2) is 9.45. The fraction of sp³-hybridized carbons (Fsp3) is 0.391. The van der Waals surface area contributed by atoms with Crippen molar-refractivity contribution < 1.29 is 28.5 Å². The van der Waals surface area contributed by atoms with Gasteiger partial charge in [0.2, 0.25) is 0 Å². The van der Waals surface area contributed by atoms with Gasteiger partial charge in [0.05, 0.1) is 12.2 Å². The minimum absolute atomic E-state index is 0.0923. The van der Waals surface area contributed by atoms with E-state index in [1.54, 1.807) is 48.5 Å². The SMILES string of the molecule is CC(C)Oc1ccccc1OC(=O)C(C)(C)C(=O)Oc1ccccc1OC(C)C. The smallest absolute Gasteiger partial charge is 0.328 e. The fourth-order valence-electron chi connectivity index (χ4n) is 2.31. The first-order chi connectivity index (χ1) is 13.6. The van der Waals surface area contributed by atoms with Gasteiger partial charge in [-0.1, -0.05) is 24.3 Å². The Labute approximate surface area is 171 Å². The van der Waals surface area contributed by atoms with Crippen LogP contribution in [0.25, 0.3) is 0 Å². The third kappa shape index (κ3) is 5.98. The topological polar surface area (TPSA) is 71.1 Å². The Morgan fingerprint density at radius 2 is 0.966 bits per heavy atom. The Bertz CT molecular complexity index is 784. The van der Waals surface area contributed by atoms with E-state index in [0.29, 0.717) is 11.5 Å². The second-order valence-electron chi connectivity index (χ2n) is 7.63. The van der Waals surface area contributed by atoms with Crippen LogP contribution in [0.15, 0.2) is 48.5 Å². The molecule has 0 heterocycles. The Kier molecular flexibility index (Phi) is 7.26. The molecule has 2 rings (SSSR count). The van der Waals surface area contributed by atoms with Crippen LogP contribution in [0.4, 0.5) is 0 Å². The maximum atomic E-state index is 12.8. The highest BCUT2D eigenvalue weighted by atomic mass is 16.6. The molecule has 0 aromatic heterocycles. The van der Waals surface area contributed by atoms with E-state index in [4.69, 9.17) is 18.9 Å². The molecule has 0 radical (unpaired) electrons. The highest BCUT2D eigenvalue weighted by Gasteiger charge is 2.41. The number of benzene rings is 2. The van der Waals surface area contributed by atoms with Crippen LogP contribution in [0.5, 0.6) is 23.0 Å². The lowest BCUT2D eigenvalue weighted by Gasteiger charge is -2.22. The molecule has 156 valence electrons. The third-order valence-corrected chi connectivity index (χ3v) is 3.85. The number of hydrogen-bond donors (Lipinski definition) is 0. The zero-order valence-electron chi connectivity index (χ0n) is 17.7. The van der Waals surface area contributed by atoms with Crippen LogP contribution < -0.4 is 18.9 Å². The Balaban J connectivity index is 2.16. The van der Waals surface area contributed by atoms with E-state index in [0.717, 1.165) is 0 Å². The van der Waals surface area contributed by atoms with Gasteiger partial charge in [0.15, 0.2) is 28.4 Å². The monoisotopic (exact) mass is 400 g/mol. The first-order valence-electron chi connectivity index (χ1n) is 9.57. The molecule has 0 bridgehead atoms. The van der Waals surface area contributed by atoms with E-state index >= 15 is 0 Å². The lowest BCUT2D eigenvalue weighted by molar-refractivity contribution is -0.158. The summed E-state index contributed by atoms with van der Waals surface area (Å²) in [7, 11) is 0. The van der Waals surface area contributed by atoms with Crippen molar-refractivity contribution in [3.05, 3.63) is 48.5 Å². The number of rotatable bonds is 8. The molecular formula is C23H28O6. The zero-order valence-corrected chi connectivity index (χ0v) is 17.7. The summed E-state index contributed by atoms with van der Waals surface area (Å²) in [5, 5.41) is 0. The molecule has 0 unspecified atom stereocenters. The number of hydrogen-bond acceptors (Lipinski definition) is 6. The predicted octanol–water partition coefficient (Wildman–Crippen LogP) is 4.80. The Hall–Kier alpha value is -3.02. The van der Waals surface area contributed by atoms with E-state index in [1.807, 2.05) is 27.7 Å². The maximum absolute atomic E-state index is 12.8. The Morgan fingerprint density at radius 1 is 0.655 bits per heavy atom. The normalized spacial score (nSPS) is 11.3. The maximum Gasteiger partial charge on any atom is 0.328 e. The molecule has 0 fully saturated rings. The van der Waals surface area contributed by atoms with Crippen LogP contribution in [-0.2, 0) is 9.59 Å². The van der Waals surface area contributed by atoms with Crippen molar-refractivity contribution in [1.29, 1.82) is 0 Å². The van der Waals surface area contributed by atoms with Crippen molar-refractivity contribution in [2.45, 2.75) is 53.8 Å². The van der Waals surface area contributed by atoms with Crippen LogP contribution in [0, 0.1) is 5.41 Å². The molecule has 0 N–H and O–H groups in total. The molecule has 0 aliphatic rings. The van der Waals surface area contributed by atoms with Gasteiger partial charge in [-0.2, -0.15) is 0 Å². The van der Waals surface area contributed by atoms with Crippen molar-refractivity contribution in [3.63, 3.8) is 0 Å². The second-order valence-corrected chi connectivity index (χ2v) is 7.63. The molecule has 6 heteroatoms. The van der Waals surface area contributed by atoms with Gasteiger partial charge in [0.1, 0.15) is 0 Å². The quantitative estimate of drug-likeness (QED) is 0.360. The van der Waals surface area contributed by atoms with Crippen molar-refractivity contribution in [3.8, 4) is 23.0 Å². The summed E-state index contributed by atoms with van der Waals surface area (Å²) in [6, 6.07) is 13.6. The molecular weight excluding hydrogens is 372 g/mol. The summed E-state index contributed by atoms with van der Waals surface area (Å²) in [5.74, 6) is -0.147. The van der Waals surface area contributed by atoms with Crippen LogP contribution >= 0.6 is 0 Å². The standard InChI is InChI=1S/C23H28O6/c1-15(2)26-17-11-7-9-13-19(17)28-21(24)23(5,6)22(25)29-20-14-10-8-12-18(20)27-16(3)4/h7-16H,1-6H3. The minimum Gasteiger partial charge on any atom is -0.487 e. The van der Waals surface area contributed by atoms with Gasteiger partial charge in [-0.15, -0.1) is 0 Å². The van der Waals surface area contributed by atoms with Gasteiger partial charge in [-0.3, -0.25) is 9.59 Å². The highest BCUT2D eigenvalue weighted by Crippen LogP contribution is 2.33. The fourth-order valence-corrected chi connectivity index (χ4v) is 2.31. The van der Waals surface area contributed by atoms with Crippen LogP contribution in [0.3, 0.4) is 0 Å². The Morgan fingerprint density at radius 3 is 1.28 bits per heavy atom. The molecule has 0 spiro atoms. The number of carbonyl (C=O) groups excluding carboxylic acids is 2. The molecule has 0 aliphatic carbocycles.